The molecule has 2 aliphatic rings. The van der Waals surface area contributed by atoms with Crippen LogP contribution in [0.2, 0.25) is 0 Å². The lowest BCUT2D eigenvalue weighted by atomic mass is 9.82. The Morgan fingerprint density at radius 2 is 2.06 bits per heavy atom. The summed E-state index contributed by atoms with van der Waals surface area (Å²) in [5.41, 5.74) is 0. The highest BCUT2D eigenvalue weighted by Crippen LogP contribution is 2.29. The van der Waals surface area contributed by atoms with E-state index >= 15 is 0 Å². The summed E-state index contributed by atoms with van der Waals surface area (Å²) in [7, 11) is 0. The molecular formula is C14H25NO3. The molecule has 0 radical (unpaired) electrons. The lowest BCUT2D eigenvalue weighted by molar-refractivity contribution is -0.140. The van der Waals surface area contributed by atoms with Crippen molar-refractivity contribution in [3.63, 3.8) is 0 Å². The Kier molecular flexibility index (Phi) is 5.01. The Labute approximate surface area is 109 Å². The minimum absolute atomic E-state index is 0.0793. The van der Waals surface area contributed by atoms with Crippen LogP contribution in [0.15, 0.2) is 0 Å². The van der Waals surface area contributed by atoms with Gasteiger partial charge in [-0.05, 0) is 24.7 Å². The van der Waals surface area contributed by atoms with Gasteiger partial charge in [0, 0.05) is 19.1 Å². The fourth-order valence-corrected chi connectivity index (χ4v) is 3.16. The first-order valence-electron chi connectivity index (χ1n) is 7.18. The van der Waals surface area contributed by atoms with Crippen molar-refractivity contribution in [3.8, 4) is 0 Å². The molecule has 1 saturated heterocycles. The largest absolute Gasteiger partial charge is 0.481 e. The van der Waals surface area contributed by atoms with Crippen LogP contribution >= 0.6 is 0 Å². The van der Waals surface area contributed by atoms with Crippen LogP contribution in [0.5, 0.6) is 0 Å². The lowest BCUT2D eigenvalue weighted by Crippen LogP contribution is -2.48. The summed E-state index contributed by atoms with van der Waals surface area (Å²) in [5, 5.41) is 8.94. The maximum absolute atomic E-state index is 10.9. The van der Waals surface area contributed by atoms with Gasteiger partial charge in [0.05, 0.1) is 19.6 Å². The van der Waals surface area contributed by atoms with Gasteiger partial charge < -0.3 is 9.84 Å². The van der Waals surface area contributed by atoms with E-state index in [0.717, 1.165) is 31.5 Å². The summed E-state index contributed by atoms with van der Waals surface area (Å²) in [6.45, 7) is 5.62. The van der Waals surface area contributed by atoms with Crippen molar-refractivity contribution in [2.75, 3.05) is 26.3 Å². The van der Waals surface area contributed by atoms with E-state index in [1.165, 1.54) is 25.7 Å². The zero-order valence-corrected chi connectivity index (χ0v) is 11.3. The molecule has 1 aliphatic heterocycles. The van der Waals surface area contributed by atoms with Crippen LogP contribution in [0.25, 0.3) is 0 Å². The Balaban J connectivity index is 1.83. The van der Waals surface area contributed by atoms with Gasteiger partial charge in [0.1, 0.15) is 0 Å². The van der Waals surface area contributed by atoms with Gasteiger partial charge in [-0.1, -0.05) is 19.8 Å². The quantitative estimate of drug-likeness (QED) is 0.834. The summed E-state index contributed by atoms with van der Waals surface area (Å²) in [6, 6.07) is 0.0793. The molecule has 4 heteroatoms. The van der Waals surface area contributed by atoms with Gasteiger partial charge in [0.2, 0.25) is 0 Å². The molecule has 0 amide bonds. The van der Waals surface area contributed by atoms with Crippen LogP contribution in [-0.2, 0) is 9.53 Å². The molecule has 1 aliphatic carbocycles. The molecule has 1 heterocycles. The van der Waals surface area contributed by atoms with Gasteiger partial charge in [-0.2, -0.15) is 0 Å². The van der Waals surface area contributed by atoms with E-state index in [0.29, 0.717) is 6.61 Å². The molecule has 1 N–H and O–H groups in total. The third-order valence-electron chi connectivity index (χ3n) is 4.39. The van der Waals surface area contributed by atoms with Gasteiger partial charge in [-0.15, -0.1) is 0 Å². The smallest absolute Gasteiger partial charge is 0.305 e. The zero-order valence-electron chi connectivity index (χ0n) is 11.3. The molecule has 0 spiro atoms. The zero-order chi connectivity index (χ0) is 13.0. The van der Waals surface area contributed by atoms with Crippen LogP contribution in [-0.4, -0.2) is 48.3 Å². The van der Waals surface area contributed by atoms with Gasteiger partial charge in [0.25, 0.3) is 0 Å². The summed E-state index contributed by atoms with van der Waals surface area (Å²) in [6.07, 6.45) is 5.48. The van der Waals surface area contributed by atoms with Crippen molar-refractivity contribution in [2.45, 2.75) is 45.1 Å². The Hall–Kier alpha value is -0.610. The molecule has 0 aromatic rings. The van der Waals surface area contributed by atoms with E-state index in [1.54, 1.807) is 0 Å². The predicted molar refractivity (Wildman–Crippen MR) is 69.6 cm³/mol. The van der Waals surface area contributed by atoms with Crippen molar-refractivity contribution in [1.29, 1.82) is 0 Å². The summed E-state index contributed by atoms with van der Waals surface area (Å²) in [5.74, 6) is 0.920. The average Bonchev–Trinajstić information content (AvgIpc) is 2.34. The second-order valence-electron chi connectivity index (χ2n) is 5.95. The summed E-state index contributed by atoms with van der Waals surface area (Å²) >= 11 is 0. The van der Waals surface area contributed by atoms with Crippen LogP contribution in [0.3, 0.4) is 0 Å². The number of ether oxygens (including phenoxy) is 1. The molecule has 104 valence electrons. The van der Waals surface area contributed by atoms with Crippen LogP contribution < -0.4 is 0 Å². The number of aliphatic carboxylic acids is 1. The van der Waals surface area contributed by atoms with Crippen LogP contribution in [0, 0.1) is 11.8 Å². The second-order valence-corrected chi connectivity index (χ2v) is 5.95. The number of carboxylic acid groups (broad SMARTS) is 1. The normalized spacial score (nSPS) is 34.4. The minimum atomic E-state index is -0.715. The van der Waals surface area contributed by atoms with E-state index in [1.807, 2.05) is 0 Å². The first kappa shape index (κ1) is 13.8. The Morgan fingerprint density at radius 3 is 2.72 bits per heavy atom. The molecule has 0 aromatic carbocycles. The van der Waals surface area contributed by atoms with Crippen molar-refractivity contribution in [3.05, 3.63) is 0 Å². The molecule has 0 bridgehead atoms. The summed E-state index contributed by atoms with van der Waals surface area (Å²) in [4.78, 5) is 13.2. The van der Waals surface area contributed by atoms with Gasteiger partial charge in [-0.25, -0.2) is 0 Å². The molecule has 0 aromatic heterocycles. The molecule has 2 fully saturated rings. The van der Waals surface area contributed by atoms with Crippen molar-refractivity contribution >= 4 is 5.97 Å². The van der Waals surface area contributed by atoms with E-state index in [9.17, 15) is 4.79 Å². The van der Waals surface area contributed by atoms with E-state index < -0.39 is 5.97 Å². The number of morpholine rings is 1. The van der Waals surface area contributed by atoms with E-state index in [4.69, 9.17) is 9.84 Å². The summed E-state index contributed by atoms with van der Waals surface area (Å²) < 4.78 is 5.41. The number of hydrogen-bond acceptors (Lipinski definition) is 3. The topological polar surface area (TPSA) is 49.8 Å². The number of hydrogen-bond donors (Lipinski definition) is 1. The maximum Gasteiger partial charge on any atom is 0.305 e. The Bertz CT molecular complexity index is 274. The monoisotopic (exact) mass is 255 g/mol. The molecule has 1 saturated carbocycles. The molecular weight excluding hydrogens is 230 g/mol. The van der Waals surface area contributed by atoms with Crippen LogP contribution in [0.1, 0.15) is 39.0 Å². The first-order valence-corrected chi connectivity index (χ1v) is 7.18. The molecule has 1 atom stereocenters. The first-order chi connectivity index (χ1) is 8.65. The Morgan fingerprint density at radius 1 is 1.33 bits per heavy atom. The standard InChI is InChI=1S/C14H25NO3/c1-11-2-4-12(5-3-11)9-15-6-7-18-10-13(15)8-14(16)17/h11-13H,2-10H2,1H3,(H,16,17). The molecule has 4 nitrogen and oxygen atoms in total. The predicted octanol–water partition coefficient (Wildman–Crippen LogP) is 1.99. The SMILES string of the molecule is CC1CCC(CN2CCOCC2CC(=O)O)CC1. The number of carboxylic acids is 1. The fraction of sp³-hybridized carbons (Fsp3) is 0.929. The van der Waals surface area contributed by atoms with E-state index in [2.05, 4.69) is 11.8 Å². The third kappa shape index (κ3) is 3.95. The van der Waals surface area contributed by atoms with Gasteiger partial charge >= 0.3 is 5.97 Å². The molecule has 2 rings (SSSR count). The highest BCUT2D eigenvalue weighted by Gasteiger charge is 2.28. The third-order valence-corrected chi connectivity index (χ3v) is 4.39. The number of carbonyl (C=O) groups is 1. The van der Waals surface area contributed by atoms with E-state index in [-0.39, 0.29) is 12.5 Å². The number of nitrogens with zero attached hydrogens (tertiary/aromatic N) is 1. The van der Waals surface area contributed by atoms with Crippen molar-refractivity contribution in [2.24, 2.45) is 11.8 Å². The number of rotatable bonds is 4. The molecule has 18 heavy (non-hydrogen) atoms. The fourth-order valence-electron chi connectivity index (χ4n) is 3.16. The highest BCUT2D eigenvalue weighted by molar-refractivity contribution is 5.67. The van der Waals surface area contributed by atoms with Gasteiger partial charge in [-0.3, -0.25) is 9.69 Å². The lowest BCUT2D eigenvalue weighted by Gasteiger charge is -2.38. The van der Waals surface area contributed by atoms with Crippen molar-refractivity contribution in [1.82, 2.24) is 4.90 Å². The maximum atomic E-state index is 10.9. The average molecular weight is 255 g/mol. The second kappa shape index (κ2) is 6.53. The van der Waals surface area contributed by atoms with Crippen LogP contribution in [0.4, 0.5) is 0 Å². The molecule has 1 unspecified atom stereocenters. The van der Waals surface area contributed by atoms with Gasteiger partial charge in [0.15, 0.2) is 0 Å². The minimum Gasteiger partial charge on any atom is -0.481 e. The highest BCUT2D eigenvalue weighted by atomic mass is 16.5. The van der Waals surface area contributed by atoms with Crippen molar-refractivity contribution < 1.29 is 14.6 Å².